The summed E-state index contributed by atoms with van der Waals surface area (Å²) in [5, 5.41) is 11.9. The van der Waals surface area contributed by atoms with Crippen molar-refractivity contribution in [3.05, 3.63) is 35.1 Å². The molecule has 1 saturated carbocycles. The molecule has 2 rings (SSSR count). The molecule has 15 heavy (non-hydrogen) atoms. The Labute approximate surface area is 88.7 Å². The van der Waals surface area contributed by atoms with Gasteiger partial charge in [-0.1, -0.05) is 19.1 Å². The average molecular weight is 204 g/mol. The van der Waals surface area contributed by atoms with Gasteiger partial charge in [0.2, 0.25) is 0 Å². The van der Waals surface area contributed by atoms with Crippen LogP contribution in [-0.2, 0) is 6.54 Å². The number of nitrogens with one attached hydrogen (secondary N) is 1. The molecule has 1 aromatic rings. The Morgan fingerprint density at radius 1 is 1.60 bits per heavy atom. The smallest absolute Gasteiger partial charge is 0.145 e. The minimum absolute atomic E-state index is 0.123. The average Bonchev–Trinajstić information content (AvgIpc) is 2.93. The third-order valence-electron chi connectivity index (χ3n) is 2.86. The lowest BCUT2D eigenvalue weighted by atomic mass is 10.1. The molecule has 0 heterocycles. The molecule has 1 N–H and O–H groups in total. The van der Waals surface area contributed by atoms with Crippen LogP contribution in [0.4, 0.5) is 4.39 Å². The van der Waals surface area contributed by atoms with E-state index in [9.17, 15) is 4.39 Å². The summed E-state index contributed by atoms with van der Waals surface area (Å²) in [6, 6.07) is 7.30. The quantitative estimate of drug-likeness (QED) is 0.819. The van der Waals surface area contributed by atoms with E-state index in [1.807, 2.05) is 6.07 Å². The summed E-state index contributed by atoms with van der Waals surface area (Å²) < 4.78 is 13.6. The molecule has 2 atom stereocenters. The van der Waals surface area contributed by atoms with Gasteiger partial charge in [-0.05, 0) is 18.4 Å². The first-order valence-electron chi connectivity index (χ1n) is 5.13. The monoisotopic (exact) mass is 204 g/mol. The standard InChI is InChI=1S/C12H13FN2/c1-8-5-11(8)15-7-10-4-2-3-9(6-14)12(10)13/h2-4,8,11,15H,5,7H2,1H3. The van der Waals surface area contributed by atoms with E-state index in [0.717, 1.165) is 0 Å². The zero-order valence-electron chi connectivity index (χ0n) is 8.63. The highest BCUT2D eigenvalue weighted by Gasteiger charge is 2.31. The zero-order valence-corrected chi connectivity index (χ0v) is 8.63. The number of nitriles is 1. The van der Waals surface area contributed by atoms with Gasteiger partial charge in [0.05, 0.1) is 5.56 Å². The van der Waals surface area contributed by atoms with Gasteiger partial charge < -0.3 is 5.32 Å². The Hall–Kier alpha value is -1.40. The van der Waals surface area contributed by atoms with Crippen LogP contribution >= 0.6 is 0 Å². The molecule has 0 amide bonds. The highest BCUT2D eigenvalue weighted by molar-refractivity contribution is 5.34. The van der Waals surface area contributed by atoms with Crippen molar-refractivity contribution in [2.75, 3.05) is 0 Å². The van der Waals surface area contributed by atoms with Crippen LogP contribution in [0.1, 0.15) is 24.5 Å². The summed E-state index contributed by atoms with van der Waals surface area (Å²) in [6.07, 6.45) is 1.17. The van der Waals surface area contributed by atoms with Crippen LogP contribution in [0, 0.1) is 23.1 Å². The Kier molecular flexibility index (Phi) is 2.70. The number of hydrogen-bond acceptors (Lipinski definition) is 2. The molecule has 2 unspecified atom stereocenters. The fourth-order valence-corrected chi connectivity index (χ4v) is 1.65. The summed E-state index contributed by atoms with van der Waals surface area (Å²) in [5.74, 6) is 0.313. The maximum atomic E-state index is 13.6. The SMILES string of the molecule is CC1CC1NCc1cccc(C#N)c1F. The molecule has 0 radical (unpaired) electrons. The lowest BCUT2D eigenvalue weighted by Crippen LogP contribution is -2.18. The van der Waals surface area contributed by atoms with Gasteiger partial charge in [-0.2, -0.15) is 5.26 Å². The molecule has 78 valence electrons. The molecule has 0 aromatic heterocycles. The summed E-state index contributed by atoms with van der Waals surface area (Å²) >= 11 is 0. The number of hydrogen-bond donors (Lipinski definition) is 1. The fourth-order valence-electron chi connectivity index (χ4n) is 1.65. The molecule has 1 aliphatic rings. The lowest BCUT2D eigenvalue weighted by molar-refractivity contribution is 0.577. The van der Waals surface area contributed by atoms with E-state index >= 15 is 0 Å². The van der Waals surface area contributed by atoms with Gasteiger partial charge in [0.1, 0.15) is 11.9 Å². The van der Waals surface area contributed by atoms with Crippen LogP contribution < -0.4 is 5.32 Å². The summed E-state index contributed by atoms with van der Waals surface area (Å²) in [5.41, 5.74) is 0.700. The Morgan fingerprint density at radius 2 is 2.33 bits per heavy atom. The van der Waals surface area contributed by atoms with Crippen molar-refractivity contribution >= 4 is 0 Å². The topological polar surface area (TPSA) is 35.8 Å². The highest BCUT2D eigenvalue weighted by atomic mass is 19.1. The van der Waals surface area contributed by atoms with Gasteiger partial charge in [0.25, 0.3) is 0 Å². The summed E-state index contributed by atoms with van der Waals surface area (Å²) in [6.45, 7) is 2.68. The van der Waals surface area contributed by atoms with E-state index in [2.05, 4.69) is 12.2 Å². The summed E-state index contributed by atoms with van der Waals surface area (Å²) in [4.78, 5) is 0. The third kappa shape index (κ3) is 2.16. The molecule has 2 nitrogen and oxygen atoms in total. The second kappa shape index (κ2) is 4.00. The van der Waals surface area contributed by atoms with Crippen molar-refractivity contribution in [1.29, 1.82) is 5.26 Å². The Morgan fingerprint density at radius 3 is 2.93 bits per heavy atom. The first kappa shape index (κ1) is 10.1. The fraction of sp³-hybridized carbons (Fsp3) is 0.417. The minimum Gasteiger partial charge on any atom is -0.310 e. The maximum Gasteiger partial charge on any atom is 0.145 e. The van der Waals surface area contributed by atoms with Crippen LogP contribution in [0.2, 0.25) is 0 Å². The van der Waals surface area contributed by atoms with E-state index in [4.69, 9.17) is 5.26 Å². The van der Waals surface area contributed by atoms with E-state index in [1.54, 1.807) is 12.1 Å². The molecule has 0 spiro atoms. The van der Waals surface area contributed by atoms with Crippen molar-refractivity contribution < 1.29 is 4.39 Å². The zero-order chi connectivity index (χ0) is 10.8. The lowest BCUT2D eigenvalue weighted by Gasteiger charge is -2.05. The van der Waals surface area contributed by atoms with Crippen LogP contribution in [-0.4, -0.2) is 6.04 Å². The predicted octanol–water partition coefficient (Wildman–Crippen LogP) is 2.20. The number of halogens is 1. The molecule has 1 fully saturated rings. The molecule has 0 saturated heterocycles. The van der Waals surface area contributed by atoms with Crippen molar-refractivity contribution in [2.45, 2.75) is 25.9 Å². The molecule has 0 bridgehead atoms. The number of rotatable bonds is 3. The maximum absolute atomic E-state index is 13.6. The van der Waals surface area contributed by atoms with Gasteiger partial charge >= 0.3 is 0 Å². The van der Waals surface area contributed by atoms with Crippen LogP contribution in [0.15, 0.2) is 18.2 Å². The first-order valence-corrected chi connectivity index (χ1v) is 5.13. The van der Waals surface area contributed by atoms with Gasteiger partial charge in [0, 0.05) is 18.2 Å². The largest absolute Gasteiger partial charge is 0.310 e. The molecule has 3 heteroatoms. The van der Waals surface area contributed by atoms with Gasteiger partial charge in [0.15, 0.2) is 0 Å². The van der Waals surface area contributed by atoms with Crippen LogP contribution in [0.3, 0.4) is 0 Å². The predicted molar refractivity (Wildman–Crippen MR) is 55.5 cm³/mol. The van der Waals surface area contributed by atoms with Gasteiger partial charge in [-0.15, -0.1) is 0 Å². The summed E-state index contributed by atoms with van der Waals surface area (Å²) in [7, 11) is 0. The van der Waals surface area contributed by atoms with E-state index in [0.29, 0.717) is 24.1 Å². The normalized spacial score (nSPS) is 23.5. The van der Waals surface area contributed by atoms with Crippen molar-refractivity contribution in [3.63, 3.8) is 0 Å². The minimum atomic E-state index is -0.388. The Balaban J connectivity index is 2.05. The van der Waals surface area contributed by atoms with Crippen LogP contribution in [0.25, 0.3) is 0 Å². The van der Waals surface area contributed by atoms with Crippen LogP contribution in [0.5, 0.6) is 0 Å². The van der Waals surface area contributed by atoms with Crippen molar-refractivity contribution in [3.8, 4) is 6.07 Å². The molecular weight excluding hydrogens is 191 g/mol. The van der Waals surface area contributed by atoms with Crippen molar-refractivity contribution in [1.82, 2.24) is 5.32 Å². The van der Waals surface area contributed by atoms with Gasteiger partial charge in [-0.25, -0.2) is 4.39 Å². The van der Waals surface area contributed by atoms with Gasteiger partial charge in [-0.3, -0.25) is 0 Å². The van der Waals surface area contributed by atoms with Crippen molar-refractivity contribution in [2.24, 2.45) is 5.92 Å². The first-order chi connectivity index (χ1) is 7.22. The third-order valence-corrected chi connectivity index (χ3v) is 2.86. The van der Waals surface area contributed by atoms with E-state index in [-0.39, 0.29) is 11.4 Å². The molecule has 1 aromatic carbocycles. The number of nitrogens with zero attached hydrogens (tertiary/aromatic N) is 1. The molecular formula is C12H13FN2. The highest BCUT2D eigenvalue weighted by Crippen LogP contribution is 2.29. The number of benzene rings is 1. The second-order valence-corrected chi connectivity index (χ2v) is 4.09. The Bertz CT molecular complexity index is 409. The van der Waals surface area contributed by atoms with E-state index in [1.165, 1.54) is 12.5 Å². The van der Waals surface area contributed by atoms with E-state index < -0.39 is 0 Å². The second-order valence-electron chi connectivity index (χ2n) is 4.09. The molecule has 1 aliphatic carbocycles. The molecule has 0 aliphatic heterocycles.